The number of likely N-dealkylation sites (tertiary alicyclic amines) is 1. The third-order valence-electron chi connectivity index (χ3n) is 9.15. The topological polar surface area (TPSA) is 96.5 Å². The standard InChI is InChI=1S/C34H38N6O4/c1-22-15-24(28-5-4-6-33(37-28)44-21-23-7-8-26-18-35-38(2)30(26)16-23)11-13-39(22)20-32-36-29-10-9-25(34(41)42-3)17-31(29)40(32)19-27-12-14-43-27/h4-10,16-18,22,24,27H,11-15,19-21H2,1-3H3/t22-,24?,27-/m0/s1. The summed E-state index contributed by atoms with van der Waals surface area (Å²) in [5.74, 6) is 1.67. The molecule has 10 nitrogen and oxygen atoms in total. The van der Waals surface area contributed by atoms with Crippen LogP contribution in [0, 0.1) is 0 Å². The minimum atomic E-state index is -0.342. The number of ether oxygens (including phenoxy) is 3. The van der Waals surface area contributed by atoms with Crippen molar-refractivity contribution in [2.75, 3.05) is 20.3 Å². The average molecular weight is 595 g/mol. The van der Waals surface area contributed by atoms with Crippen molar-refractivity contribution in [1.82, 2.24) is 29.2 Å². The Bertz CT molecular complexity index is 1810. The summed E-state index contributed by atoms with van der Waals surface area (Å²) >= 11 is 0. The number of carbonyl (C=O) groups is 1. The first kappa shape index (κ1) is 28.5. The van der Waals surface area contributed by atoms with E-state index in [1.54, 1.807) is 6.07 Å². The second kappa shape index (κ2) is 12.0. The number of esters is 1. The molecule has 10 heteroatoms. The molecule has 2 aliphatic heterocycles. The molecule has 2 aliphatic rings. The van der Waals surface area contributed by atoms with Gasteiger partial charge in [-0.1, -0.05) is 18.2 Å². The summed E-state index contributed by atoms with van der Waals surface area (Å²) in [6.07, 6.45) is 5.10. The summed E-state index contributed by atoms with van der Waals surface area (Å²) in [4.78, 5) is 24.7. The maximum absolute atomic E-state index is 12.2. The van der Waals surface area contributed by atoms with Crippen molar-refractivity contribution in [1.29, 1.82) is 0 Å². The van der Waals surface area contributed by atoms with Gasteiger partial charge in [0.25, 0.3) is 0 Å². The van der Waals surface area contributed by atoms with Crippen molar-refractivity contribution in [3.05, 3.63) is 83.4 Å². The summed E-state index contributed by atoms with van der Waals surface area (Å²) in [5.41, 5.74) is 5.63. The Hall–Kier alpha value is -4.28. The molecule has 5 aromatic rings. The van der Waals surface area contributed by atoms with E-state index in [1.807, 2.05) is 42.2 Å². The number of aromatic nitrogens is 5. The van der Waals surface area contributed by atoms with Crippen LogP contribution in [0.4, 0.5) is 0 Å². The predicted molar refractivity (Wildman–Crippen MR) is 167 cm³/mol. The fourth-order valence-corrected chi connectivity index (χ4v) is 6.46. The van der Waals surface area contributed by atoms with Crippen LogP contribution in [-0.4, -0.2) is 67.6 Å². The van der Waals surface area contributed by atoms with E-state index in [4.69, 9.17) is 24.2 Å². The minimum Gasteiger partial charge on any atom is -0.473 e. The number of fused-ring (bicyclic) bond motifs is 2. The molecule has 7 rings (SSSR count). The predicted octanol–water partition coefficient (Wildman–Crippen LogP) is 5.24. The van der Waals surface area contributed by atoms with E-state index in [9.17, 15) is 4.79 Å². The first-order chi connectivity index (χ1) is 21.4. The monoisotopic (exact) mass is 594 g/mol. The van der Waals surface area contributed by atoms with Crippen LogP contribution in [0.15, 0.2) is 60.8 Å². The van der Waals surface area contributed by atoms with Crippen LogP contribution < -0.4 is 4.74 Å². The van der Waals surface area contributed by atoms with Crippen molar-refractivity contribution in [2.45, 2.75) is 63.9 Å². The van der Waals surface area contributed by atoms with Crippen LogP contribution >= 0.6 is 0 Å². The molecule has 228 valence electrons. The number of aryl methyl sites for hydroxylation is 1. The average Bonchev–Trinajstić information content (AvgIpc) is 3.57. The molecule has 2 saturated heterocycles. The Kier molecular flexibility index (Phi) is 7.78. The largest absolute Gasteiger partial charge is 0.473 e. The zero-order valence-corrected chi connectivity index (χ0v) is 25.5. The molecule has 44 heavy (non-hydrogen) atoms. The van der Waals surface area contributed by atoms with E-state index in [0.717, 1.165) is 84.5 Å². The number of rotatable bonds is 9. The number of carbonyl (C=O) groups excluding carboxylic acids is 1. The van der Waals surface area contributed by atoms with Gasteiger partial charge in [0.1, 0.15) is 12.4 Å². The molecule has 3 atom stereocenters. The molecule has 0 radical (unpaired) electrons. The smallest absolute Gasteiger partial charge is 0.337 e. The lowest BCUT2D eigenvalue weighted by atomic mass is 9.88. The molecule has 5 heterocycles. The maximum Gasteiger partial charge on any atom is 0.337 e. The molecule has 0 bridgehead atoms. The summed E-state index contributed by atoms with van der Waals surface area (Å²) in [6.45, 7) is 5.96. The highest BCUT2D eigenvalue weighted by atomic mass is 16.5. The lowest BCUT2D eigenvalue weighted by Crippen LogP contribution is -2.40. The van der Waals surface area contributed by atoms with Crippen LogP contribution in [0.25, 0.3) is 21.9 Å². The number of pyridine rings is 1. The van der Waals surface area contributed by atoms with Crippen LogP contribution in [-0.2, 0) is 36.2 Å². The Morgan fingerprint density at radius 3 is 2.75 bits per heavy atom. The van der Waals surface area contributed by atoms with Gasteiger partial charge in [0, 0.05) is 42.8 Å². The van der Waals surface area contributed by atoms with E-state index in [-0.39, 0.29) is 12.1 Å². The van der Waals surface area contributed by atoms with E-state index in [1.165, 1.54) is 7.11 Å². The molecular weight excluding hydrogens is 556 g/mol. The molecule has 0 saturated carbocycles. The van der Waals surface area contributed by atoms with Gasteiger partial charge in [-0.15, -0.1) is 0 Å². The highest BCUT2D eigenvalue weighted by Gasteiger charge is 2.30. The fourth-order valence-electron chi connectivity index (χ4n) is 6.46. The molecule has 0 spiro atoms. The SMILES string of the molecule is COC(=O)c1ccc2nc(CN3CCC(c4cccc(OCc5ccc6cnn(C)c6c5)n4)C[C@@H]3C)n(C[C@@H]3CCO3)c2c1. The van der Waals surface area contributed by atoms with Gasteiger partial charge >= 0.3 is 5.97 Å². The number of hydrogen-bond acceptors (Lipinski definition) is 8. The lowest BCUT2D eigenvalue weighted by molar-refractivity contribution is -0.0592. The van der Waals surface area contributed by atoms with Crippen molar-refractivity contribution < 1.29 is 19.0 Å². The van der Waals surface area contributed by atoms with Gasteiger partial charge < -0.3 is 18.8 Å². The Balaban J connectivity index is 1.03. The Morgan fingerprint density at radius 1 is 1.07 bits per heavy atom. The highest BCUT2D eigenvalue weighted by molar-refractivity contribution is 5.93. The van der Waals surface area contributed by atoms with Gasteiger partial charge in [0.2, 0.25) is 5.88 Å². The van der Waals surface area contributed by atoms with Gasteiger partial charge in [0.05, 0.1) is 54.6 Å². The number of piperidine rings is 1. The van der Waals surface area contributed by atoms with Gasteiger partial charge in [-0.2, -0.15) is 5.10 Å². The van der Waals surface area contributed by atoms with Crippen LogP contribution in [0.2, 0.25) is 0 Å². The zero-order valence-electron chi connectivity index (χ0n) is 25.5. The first-order valence-electron chi connectivity index (χ1n) is 15.4. The van der Waals surface area contributed by atoms with E-state index in [2.05, 4.69) is 45.8 Å². The van der Waals surface area contributed by atoms with Crippen LogP contribution in [0.3, 0.4) is 0 Å². The van der Waals surface area contributed by atoms with Crippen molar-refractivity contribution in [3.8, 4) is 5.88 Å². The van der Waals surface area contributed by atoms with E-state index < -0.39 is 0 Å². The van der Waals surface area contributed by atoms with Gasteiger partial charge in [-0.25, -0.2) is 14.8 Å². The van der Waals surface area contributed by atoms with E-state index in [0.29, 0.717) is 30.0 Å². The van der Waals surface area contributed by atoms with Crippen molar-refractivity contribution in [2.24, 2.45) is 7.05 Å². The number of nitrogens with zero attached hydrogens (tertiary/aromatic N) is 6. The van der Waals surface area contributed by atoms with Crippen molar-refractivity contribution in [3.63, 3.8) is 0 Å². The molecule has 2 fully saturated rings. The zero-order chi connectivity index (χ0) is 30.2. The summed E-state index contributed by atoms with van der Waals surface area (Å²) < 4.78 is 21.0. The molecule has 0 aliphatic carbocycles. The molecule has 3 aromatic heterocycles. The highest BCUT2D eigenvalue weighted by Crippen LogP contribution is 2.33. The number of methoxy groups -OCH3 is 1. The Morgan fingerprint density at radius 2 is 1.95 bits per heavy atom. The van der Waals surface area contributed by atoms with Crippen LogP contribution in [0.1, 0.15) is 59.5 Å². The summed E-state index contributed by atoms with van der Waals surface area (Å²) in [7, 11) is 3.36. The second-order valence-electron chi connectivity index (χ2n) is 12.0. The van der Waals surface area contributed by atoms with Crippen molar-refractivity contribution >= 4 is 27.9 Å². The quantitative estimate of drug-likeness (QED) is 0.214. The lowest BCUT2D eigenvalue weighted by Gasteiger charge is -2.37. The molecule has 0 N–H and O–H groups in total. The normalized spacial score (nSPS) is 20.6. The molecule has 1 unspecified atom stereocenters. The van der Waals surface area contributed by atoms with Gasteiger partial charge in [-0.05, 0) is 68.6 Å². The van der Waals surface area contributed by atoms with Gasteiger partial charge in [0.15, 0.2) is 0 Å². The maximum atomic E-state index is 12.2. The third kappa shape index (κ3) is 5.67. The third-order valence-corrected chi connectivity index (χ3v) is 9.15. The number of benzene rings is 2. The Labute approximate surface area is 256 Å². The van der Waals surface area contributed by atoms with Gasteiger partial charge in [-0.3, -0.25) is 9.58 Å². The fraction of sp³-hybridized carbons (Fsp3) is 0.412. The first-order valence-corrected chi connectivity index (χ1v) is 15.4. The van der Waals surface area contributed by atoms with Crippen LogP contribution in [0.5, 0.6) is 5.88 Å². The summed E-state index contributed by atoms with van der Waals surface area (Å²) in [5, 5.41) is 5.45. The molecule has 2 aromatic carbocycles. The number of imidazole rings is 1. The molecular formula is C34H38N6O4. The minimum absolute atomic E-state index is 0.176. The summed E-state index contributed by atoms with van der Waals surface area (Å²) in [6, 6.07) is 18.3. The number of hydrogen-bond donors (Lipinski definition) is 0. The second-order valence-corrected chi connectivity index (χ2v) is 12.0. The van der Waals surface area contributed by atoms with E-state index >= 15 is 0 Å². The molecule has 0 amide bonds.